The van der Waals surface area contributed by atoms with E-state index in [9.17, 15) is 15.8 Å². The van der Waals surface area contributed by atoms with Crippen molar-refractivity contribution in [2.45, 2.75) is 6.18 Å². The van der Waals surface area contributed by atoms with Crippen molar-refractivity contribution >= 4 is 49.3 Å². The second kappa shape index (κ2) is 14.4. The van der Waals surface area contributed by atoms with Crippen molar-refractivity contribution in [1.82, 2.24) is 9.13 Å². The van der Waals surface area contributed by atoms with Gasteiger partial charge in [0.25, 0.3) is 0 Å². The molecule has 0 unspecified atom stereocenters. The van der Waals surface area contributed by atoms with Crippen molar-refractivity contribution in [1.29, 1.82) is 15.8 Å². The lowest BCUT2D eigenvalue weighted by Crippen LogP contribution is -2.10. The molecule has 62 heavy (non-hydrogen) atoms. The van der Waals surface area contributed by atoms with Gasteiger partial charge in [-0.25, -0.2) is 4.85 Å². The van der Waals surface area contributed by atoms with Crippen molar-refractivity contribution in [3.8, 4) is 63.0 Å². The number of aromatic nitrogens is 2. The highest BCUT2D eigenvalue weighted by Gasteiger charge is 2.35. The zero-order valence-electron chi connectivity index (χ0n) is 32.4. The fraction of sp³-hybridized carbons (Fsp3) is 0.0189. The Kier molecular flexibility index (Phi) is 8.70. The predicted molar refractivity (Wildman–Crippen MR) is 237 cm³/mol. The summed E-state index contributed by atoms with van der Waals surface area (Å²) in [5.74, 6) is 0. The Morgan fingerprint density at radius 3 is 1.48 bits per heavy atom. The van der Waals surface area contributed by atoms with Crippen LogP contribution in [-0.4, -0.2) is 9.13 Å². The van der Waals surface area contributed by atoms with E-state index in [0.29, 0.717) is 28.1 Å². The van der Waals surface area contributed by atoms with Gasteiger partial charge in [-0.15, -0.1) is 0 Å². The highest BCUT2D eigenvalue weighted by atomic mass is 19.4. The van der Waals surface area contributed by atoms with Gasteiger partial charge in [0.05, 0.1) is 74.4 Å². The first-order valence-corrected chi connectivity index (χ1v) is 19.4. The fourth-order valence-corrected chi connectivity index (χ4v) is 8.62. The molecule has 0 aliphatic carbocycles. The Hall–Kier alpha value is -8.89. The Bertz CT molecular complexity index is 3660. The molecule has 8 aromatic carbocycles. The minimum atomic E-state index is -4.83. The zero-order chi connectivity index (χ0) is 42.7. The maximum atomic E-state index is 15.2. The molecule has 0 radical (unpaired) electrons. The summed E-state index contributed by atoms with van der Waals surface area (Å²) in [5, 5.41) is 33.6. The third kappa shape index (κ3) is 6.01. The summed E-state index contributed by atoms with van der Waals surface area (Å²) in [6.45, 7) is 7.37. The summed E-state index contributed by atoms with van der Waals surface area (Å²) in [6, 6.07) is 55.1. The first-order chi connectivity index (χ1) is 30.2. The molecule has 0 atom stereocenters. The third-order valence-corrected chi connectivity index (χ3v) is 11.5. The number of benzene rings is 8. The van der Waals surface area contributed by atoms with E-state index < -0.39 is 11.7 Å². The van der Waals surface area contributed by atoms with E-state index in [-0.39, 0.29) is 22.3 Å². The molecule has 9 heteroatoms. The molecule has 0 bridgehead atoms. The number of nitrogens with zero attached hydrogens (tertiary/aromatic N) is 6. The summed E-state index contributed by atoms with van der Waals surface area (Å²) in [6.07, 6.45) is -4.83. The molecule has 6 nitrogen and oxygen atoms in total. The zero-order valence-corrected chi connectivity index (χ0v) is 32.4. The van der Waals surface area contributed by atoms with Crippen molar-refractivity contribution in [3.05, 3.63) is 197 Å². The van der Waals surface area contributed by atoms with Gasteiger partial charge in [0.2, 0.25) is 0 Å². The largest absolute Gasteiger partial charge is 0.417 e. The number of halogens is 3. The molecule has 2 heterocycles. The summed E-state index contributed by atoms with van der Waals surface area (Å²) in [7, 11) is 0. The summed E-state index contributed by atoms with van der Waals surface area (Å²) in [5.41, 5.74) is 7.49. The lowest BCUT2D eigenvalue weighted by Gasteiger charge is -2.21. The summed E-state index contributed by atoms with van der Waals surface area (Å²) < 4.78 is 49.5. The number of alkyl halides is 3. The van der Waals surface area contributed by atoms with E-state index in [4.69, 9.17) is 6.57 Å². The molecule has 0 aliphatic rings. The summed E-state index contributed by atoms with van der Waals surface area (Å²) in [4.78, 5) is 3.51. The molecule has 290 valence electrons. The van der Waals surface area contributed by atoms with Gasteiger partial charge < -0.3 is 9.13 Å². The Morgan fingerprint density at radius 1 is 0.452 bits per heavy atom. The van der Waals surface area contributed by atoms with Crippen LogP contribution in [0.5, 0.6) is 0 Å². The molecule has 0 saturated heterocycles. The minimum absolute atomic E-state index is 0.134. The number of hydrogen-bond donors (Lipinski definition) is 0. The number of nitriles is 3. The average molecular weight is 805 g/mol. The molecule has 0 saturated carbocycles. The Morgan fingerprint density at radius 2 is 0.952 bits per heavy atom. The molecular weight excluding hydrogens is 778 g/mol. The van der Waals surface area contributed by atoms with Crippen LogP contribution in [0.3, 0.4) is 0 Å². The van der Waals surface area contributed by atoms with Crippen molar-refractivity contribution < 1.29 is 13.2 Å². The Labute approximate surface area is 352 Å². The number of fused-ring (bicyclic) bond motifs is 6. The van der Waals surface area contributed by atoms with E-state index in [1.165, 1.54) is 12.1 Å². The van der Waals surface area contributed by atoms with Crippen LogP contribution in [0, 0.1) is 40.6 Å². The van der Waals surface area contributed by atoms with Crippen molar-refractivity contribution in [2.75, 3.05) is 0 Å². The highest BCUT2D eigenvalue weighted by molar-refractivity contribution is 6.12. The number of para-hydroxylation sites is 2. The van der Waals surface area contributed by atoms with E-state index in [0.717, 1.165) is 66.4 Å². The molecule has 2 aromatic heterocycles. The van der Waals surface area contributed by atoms with Gasteiger partial charge in [0, 0.05) is 27.1 Å². The lowest BCUT2D eigenvalue weighted by atomic mass is 9.93. The van der Waals surface area contributed by atoms with Crippen LogP contribution >= 0.6 is 0 Å². The van der Waals surface area contributed by atoms with Gasteiger partial charge in [-0.05, 0) is 101 Å². The molecule has 0 spiro atoms. The van der Waals surface area contributed by atoms with E-state index in [2.05, 4.69) is 17.0 Å². The standard InChI is InChI=1S/C53H27F3N6/c1-60-39-19-15-35(16-20-39)37-18-23-50-44(26-37)42-7-3-5-9-48(42)62(50)52-27-38(31-59)51(28-45(52)40-21-12-33(30-58)24-46(40)53(54,55)56)61-47-8-4-2-6-41(47)43-25-36(17-22-49(43)61)34-13-10-32(29-57)11-14-34/h2-28H. The van der Waals surface area contributed by atoms with Gasteiger partial charge in [0.15, 0.2) is 5.69 Å². The van der Waals surface area contributed by atoms with E-state index in [1.54, 1.807) is 36.4 Å². The second-order valence-electron chi connectivity index (χ2n) is 14.9. The van der Waals surface area contributed by atoms with Crippen molar-refractivity contribution in [2.24, 2.45) is 0 Å². The van der Waals surface area contributed by atoms with Gasteiger partial charge in [0.1, 0.15) is 6.07 Å². The van der Waals surface area contributed by atoms with Crippen LogP contribution in [0.2, 0.25) is 0 Å². The van der Waals surface area contributed by atoms with Crippen LogP contribution in [0.4, 0.5) is 18.9 Å². The lowest BCUT2D eigenvalue weighted by molar-refractivity contribution is -0.137. The van der Waals surface area contributed by atoms with Gasteiger partial charge in [-0.1, -0.05) is 91.0 Å². The molecule has 10 rings (SSSR count). The highest BCUT2D eigenvalue weighted by Crippen LogP contribution is 2.45. The smallest absolute Gasteiger partial charge is 0.309 e. The first kappa shape index (κ1) is 37.4. The second-order valence-corrected chi connectivity index (χ2v) is 14.9. The van der Waals surface area contributed by atoms with Gasteiger partial charge in [-0.2, -0.15) is 29.0 Å². The quantitative estimate of drug-likeness (QED) is 0.162. The van der Waals surface area contributed by atoms with Crippen LogP contribution in [0.25, 0.3) is 93.2 Å². The maximum Gasteiger partial charge on any atom is 0.417 e. The molecule has 0 fully saturated rings. The van der Waals surface area contributed by atoms with Crippen molar-refractivity contribution in [3.63, 3.8) is 0 Å². The van der Waals surface area contributed by atoms with E-state index in [1.807, 2.05) is 124 Å². The molecule has 10 aromatic rings. The molecule has 0 amide bonds. The topological polar surface area (TPSA) is 85.6 Å². The Balaban J connectivity index is 1.28. The monoisotopic (exact) mass is 804 g/mol. The maximum absolute atomic E-state index is 15.2. The van der Waals surface area contributed by atoms with Gasteiger partial charge in [-0.3, -0.25) is 0 Å². The third-order valence-electron chi connectivity index (χ3n) is 11.5. The van der Waals surface area contributed by atoms with Gasteiger partial charge >= 0.3 is 6.18 Å². The van der Waals surface area contributed by atoms with Crippen LogP contribution in [0.15, 0.2) is 164 Å². The fourth-order valence-electron chi connectivity index (χ4n) is 8.62. The minimum Gasteiger partial charge on any atom is -0.309 e. The summed E-state index contributed by atoms with van der Waals surface area (Å²) >= 11 is 0. The number of rotatable bonds is 5. The van der Waals surface area contributed by atoms with E-state index >= 15 is 13.2 Å². The first-order valence-electron chi connectivity index (χ1n) is 19.4. The van der Waals surface area contributed by atoms with Crippen LogP contribution in [-0.2, 0) is 6.18 Å². The van der Waals surface area contributed by atoms with Crippen LogP contribution < -0.4 is 0 Å². The molecular formula is C53H27F3N6. The normalized spacial score (nSPS) is 11.4. The number of hydrogen-bond acceptors (Lipinski definition) is 3. The average Bonchev–Trinajstić information content (AvgIpc) is 3.82. The molecule has 0 N–H and O–H groups in total. The van der Waals surface area contributed by atoms with Crippen LogP contribution in [0.1, 0.15) is 22.3 Å². The SMILES string of the molecule is [C-]#[N+]c1ccc(-c2ccc3c(c2)c2ccccc2n3-c2cc(C#N)c(-n3c4ccccc4c4cc(-c5ccc(C#N)cc5)ccc43)cc2-c2ccc(C#N)cc2C(F)(F)F)cc1. The predicted octanol–water partition coefficient (Wildman–Crippen LogP) is 14.1. The molecule has 0 aliphatic heterocycles.